The third-order valence-corrected chi connectivity index (χ3v) is 4.36. The van der Waals surface area contributed by atoms with Crippen molar-refractivity contribution in [1.82, 2.24) is 5.32 Å². The van der Waals surface area contributed by atoms with Crippen LogP contribution in [0, 0.1) is 6.92 Å². The summed E-state index contributed by atoms with van der Waals surface area (Å²) < 4.78 is 0. The minimum atomic E-state index is -0.193. The number of amides is 2. The van der Waals surface area contributed by atoms with Gasteiger partial charge in [0.2, 0.25) is 0 Å². The largest absolute Gasteiger partial charge is 0.331 e. The molecule has 0 heterocycles. The second-order valence-electron chi connectivity index (χ2n) is 5.30. The van der Waals surface area contributed by atoms with Crippen molar-refractivity contribution >= 4 is 23.3 Å². The van der Waals surface area contributed by atoms with E-state index in [1.807, 2.05) is 37.3 Å². The molecule has 1 atom stereocenters. The maximum atomic E-state index is 12.2. The molecule has 2 amide bonds. The van der Waals surface area contributed by atoms with Gasteiger partial charge in [-0.25, -0.2) is 4.79 Å². The number of carbonyl (C=O) groups is 1. The fourth-order valence-corrected chi connectivity index (χ4v) is 2.94. The van der Waals surface area contributed by atoms with Crippen LogP contribution in [0.2, 0.25) is 5.02 Å². The summed E-state index contributed by atoms with van der Waals surface area (Å²) in [5.74, 6) is 0. The van der Waals surface area contributed by atoms with E-state index >= 15 is 0 Å². The first-order chi connectivity index (χ1) is 10.1. The monoisotopic (exact) mass is 300 g/mol. The first-order valence-corrected chi connectivity index (χ1v) is 7.43. The Morgan fingerprint density at radius 3 is 2.86 bits per heavy atom. The zero-order valence-electron chi connectivity index (χ0n) is 11.8. The molecule has 0 bridgehead atoms. The maximum absolute atomic E-state index is 12.2. The highest BCUT2D eigenvalue weighted by Gasteiger charge is 2.23. The van der Waals surface area contributed by atoms with Crippen molar-refractivity contribution in [2.75, 3.05) is 5.32 Å². The molecule has 2 N–H and O–H groups in total. The number of benzene rings is 2. The maximum Gasteiger partial charge on any atom is 0.319 e. The molecule has 1 aliphatic rings. The number of aryl methyl sites for hydroxylation is 1. The highest BCUT2D eigenvalue weighted by Crippen LogP contribution is 2.31. The van der Waals surface area contributed by atoms with Crippen molar-refractivity contribution in [3.8, 4) is 0 Å². The Morgan fingerprint density at radius 1 is 1.19 bits per heavy atom. The molecule has 3 rings (SSSR count). The van der Waals surface area contributed by atoms with Crippen molar-refractivity contribution in [3.05, 3.63) is 64.2 Å². The van der Waals surface area contributed by atoms with Crippen molar-refractivity contribution in [1.29, 1.82) is 0 Å². The molecule has 21 heavy (non-hydrogen) atoms. The summed E-state index contributed by atoms with van der Waals surface area (Å²) in [7, 11) is 0. The Bertz CT molecular complexity index is 684. The quantitative estimate of drug-likeness (QED) is 0.845. The number of urea groups is 1. The number of rotatable bonds is 2. The summed E-state index contributed by atoms with van der Waals surface area (Å²) in [4.78, 5) is 12.2. The molecule has 1 aliphatic carbocycles. The fourth-order valence-electron chi connectivity index (χ4n) is 2.77. The zero-order chi connectivity index (χ0) is 14.8. The summed E-state index contributed by atoms with van der Waals surface area (Å²) in [6.45, 7) is 1.89. The van der Waals surface area contributed by atoms with Crippen LogP contribution in [0.1, 0.15) is 29.2 Å². The second-order valence-corrected chi connectivity index (χ2v) is 5.71. The Morgan fingerprint density at radius 2 is 2.00 bits per heavy atom. The van der Waals surface area contributed by atoms with Gasteiger partial charge in [-0.05, 0) is 48.6 Å². The molecular weight excluding hydrogens is 284 g/mol. The minimum absolute atomic E-state index is 0.0840. The third kappa shape index (κ3) is 2.88. The van der Waals surface area contributed by atoms with Gasteiger partial charge in [0, 0.05) is 10.7 Å². The summed E-state index contributed by atoms with van der Waals surface area (Å²) in [5.41, 5.74) is 4.16. The zero-order valence-corrected chi connectivity index (χ0v) is 12.6. The normalized spacial score (nSPS) is 16.4. The Kier molecular flexibility index (Phi) is 3.84. The number of nitrogens with one attached hydrogen (secondary N) is 2. The topological polar surface area (TPSA) is 41.1 Å². The SMILES string of the molecule is Cc1c(Cl)cccc1NC(=O)NC1CCc2ccccc21. The van der Waals surface area contributed by atoms with Gasteiger partial charge in [-0.15, -0.1) is 0 Å². The smallest absolute Gasteiger partial charge is 0.319 e. The van der Waals surface area contributed by atoms with Gasteiger partial charge in [0.05, 0.1) is 6.04 Å². The van der Waals surface area contributed by atoms with Crippen LogP contribution in [0.15, 0.2) is 42.5 Å². The van der Waals surface area contributed by atoms with Gasteiger partial charge >= 0.3 is 6.03 Å². The van der Waals surface area contributed by atoms with Crippen LogP contribution in [0.25, 0.3) is 0 Å². The molecule has 0 aromatic heterocycles. The third-order valence-electron chi connectivity index (χ3n) is 3.95. The molecule has 0 saturated heterocycles. The number of hydrogen-bond acceptors (Lipinski definition) is 1. The van der Waals surface area contributed by atoms with Crippen molar-refractivity contribution in [2.45, 2.75) is 25.8 Å². The van der Waals surface area contributed by atoms with Gasteiger partial charge in [0.15, 0.2) is 0 Å². The van der Waals surface area contributed by atoms with Crippen molar-refractivity contribution in [2.24, 2.45) is 0 Å². The summed E-state index contributed by atoms with van der Waals surface area (Å²) in [6, 6.07) is 13.6. The van der Waals surface area contributed by atoms with Gasteiger partial charge in [-0.1, -0.05) is 41.9 Å². The molecule has 3 nitrogen and oxygen atoms in total. The highest BCUT2D eigenvalue weighted by molar-refractivity contribution is 6.31. The first-order valence-electron chi connectivity index (χ1n) is 7.05. The number of anilines is 1. The second kappa shape index (κ2) is 5.78. The lowest BCUT2D eigenvalue weighted by molar-refractivity contribution is 0.248. The minimum Gasteiger partial charge on any atom is -0.331 e. The van der Waals surface area contributed by atoms with E-state index in [0.29, 0.717) is 5.02 Å². The van der Waals surface area contributed by atoms with Crippen molar-refractivity contribution in [3.63, 3.8) is 0 Å². The first kappa shape index (κ1) is 14.0. The summed E-state index contributed by atoms with van der Waals surface area (Å²) in [5, 5.41) is 6.56. The van der Waals surface area contributed by atoms with Crippen LogP contribution in [0.4, 0.5) is 10.5 Å². The van der Waals surface area contributed by atoms with E-state index in [1.54, 1.807) is 0 Å². The lowest BCUT2D eigenvalue weighted by Gasteiger charge is -2.16. The average Bonchev–Trinajstić information content (AvgIpc) is 2.87. The molecule has 0 saturated carbocycles. The predicted octanol–water partition coefficient (Wildman–Crippen LogP) is 4.46. The fraction of sp³-hybridized carbons (Fsp3) is 0.235. The Balaban J connectivity index is 1.69. The van der Waals surface area contributed by atoms with Crippen LogP contribution in [-0.4, -0.2) is 6.03 Å². The average molecular weight is 301 g/mol. The molecule has 0 aliphatic heterocycles. The lowest BCUT2D eigenvalue weighted by Crippen LogP contribution is -2.31. The number of carbonyl (C=O) groups excluding carboxylic acids is 1. The van der Waals surface area contributed by atoms with Crippen LogP contribution in [0.3, 0.4) is 0 Å². The molecule has 1 unspecified atom stereocenters. The Labute approximate surface area is 129 Å². The standard InChI is InChI=1S/C17H17ClN2O/c1-11-14(18)7-4-8-15(11)19-17(21)20-16-10-9-12-5-2-3-6-13(12)16/h2-8,16H,9-10H2,1H3,(H2,19,20,21). The number of fused-ring (bicyclic) bond motifs is 1. The summed E-state index contributed by atoms with van der Waals surface area (Å²) in [6.07, 6.45) is 1.96. The molecule has 0 spiro atoms. The molecule has 108 valence electrons. The van der Waals surface area contributed by atoms with E-state index in [1.165, 1.54) is 11.1 Å². The molecular formula is C17H17ClN2O. The van der Waals surface area contributed by atoms with E-state index in [2.05, 4.69) is 22.8 Å². The molecule has 4 heteroatoms. The lowest BCUT2D eigenvalue weighted by atomic mass is 10.1. The van der Waals surface area contributed by atoms with Crippen molar-refractivity contribution < 1.29 is 4.79 Å². The number of hydrogen-bond donors (Lipinski definition) is 2. The highest BCUT2D eigenvalue weighted by atomic mass is 35.5. The van der Waals surface area contributed by atoms with Gasteiger partial charge in [0.1, 0.15) is 0 Å². The van der Waals surface area contributed by atoms with Gasteiger partial charge < -0.3 is 10.6 Å². The van der Waals surface area contributed by atoms with E-state index in [0.717, 1.165) is 24.1 Å². The predicted molar refractivity (Wildman–Crippen MR) is 85.8 cm³/mol. The molecule has 0 fully saturated rings. The molecule has 2 aromatic carbocycles. The Hall–Kier alpha value is -2.00. The van der Waals surface area contributed by atoms with Gasteiger partial charge in [-0.3, -0.25) is 0 Å². The van der Waals surface area contributed by atoms with E-state index in [9.17, 15) is 4.79 Å². The van der Waals surface area contributed by atoms with E-state index < -0.39 is 0 Å². The van der Waals surface area contributed by atoms with Gasteiger partial charge in [0.25, 0.3) is 0 Å². The summed E-state index contributed by atoms with van der Waals surface area (Å²) >= 11 is 6.06. The van der Waals surface area contributed by atoms with Crippen LogP contribution >= 0.6 is 11.6 Å². The van der Waals surface area contributed by atoms with E-state index in [4.69, 9.17) is 11.6 Å². The molecule has 0 radical (unpaired) electrons. The van der Waals surface area contributed by atoms with Crippen LogP contribution in [-0.2, 0) is 6.42 Å². The number of halogens is 1. The van der Waals surface area contributed by atoms with Crippen LogP contribution in [0.5, 0.6) is 0 Å². The van der Waals surface area contributed by atoms with Gasteiger partial charge in [-0.2, -0.15) is 0 Å². The van der Waals surface area contributed by atoms with Crippen LogP contribution < -0.4 is 10.6 Å². The van der Waals surface area contributed by atoms with E-state index in [-0.39, 0.29) is 12.1 Å². The molecule has 2 aromatic rings.